The molecule has 1 aliphatic rings. The topological polar surface area (TPSA) is 51.0 Å². The van der Waals surface area contributed by atoms with Crippen LogP contribution in [0.3, 0.4) is 0 Å². The Balaban J connectivity index is 1.97. The van der Waals surface area contributed by atoms with Crippen molar-refractivity contribution in [3.8, 4) is 11.4 Å². The van der Waals surface area contributed by atoms with Gasteiger partial charge in [0.05, 0.1) is 5.41 Å². The van der Waals surface area contributed by atoms with Gasteiger partial charge in [0.1, 0.15) is 0 Å². The van der Waals surface area contributed by atoms with Gasteiger partial charge in [-0.25, -0.2) is 0 Å². The Morgan fingerprint density at radius 1 is 1.42 bits per heavy atom. The third-order valence-electron chi connectivity index (χ3n) is 3.74. The number of rotatable bonds is 2. The Hall–Kier alpha value is -1.20. The van der Waals surface area contributed by atoms with Crippen LogP contribution in [-0.2, 0) is 5.41 Å². The Kier molecular flexibility index (Phi) is 3.19. The largest absolute Gasteiger partial charge is 0.338 e. The van der Waals surface area contributed by atoms with Crippen LogP contribution >= 0.6 is 15.9 Å². The molecule has 1 aromatic heterocycles. The SMILES string of the molecule is Cc1cc(Br)ccc1-c1noc(C2(C)CCNC2)n1. The Morgan fingerprint density at radius 2 is 2.26 bits per heavy atom. The number of halogens is 1. The minimum atomic E-state index is -0.0332. The van der Waals surface area contributed by atoms with Crippen molar-refractivity contribution in [3.05, 3.63) is 34.1 Å². The van der Waals surface area contributed by atoms with Gasteiger partial charge in [0.25, 0.3) is 0 Å². The molecule has 3 rings (SSSR count). The summed E-state index contributed by atoms with van der Waals surface area (Å²) in [6, 6.07) is 6.07. The zero-order valence-corrected chi connectivity index (χ0v) is 12.6. The molecule has 0 aliphatic carbocycles. The molecular weight excluding hydrogens is 306 g/mol. The van der Waals surface area contributed by atoms with Crippen LogP contribution in [0.1, 0.15) is 24.8 Å². The lowest BCUT2D eigenvalue weighted by Gasteiger charge is -2.15. The van der Waals surface area contributed by atoms with Crippen molar-refractivity contribution >= 4 is 15.9 Å². The van der Waals surface area contributed by atoms with Crippen molar-refractivity contribution in [2.75, 3.05) is 13.1 Å². The molecule has 0 bridgehead atoms. The van der Waals surface area contributed by atoms with Crippen LogP contribution < -0.4 is 5.32 Å². The molecule has 5 heteroatoms. The lowest BCUT2D eigenvalue weighted by atomic mass is 9.90. The summed E-state index contributed by atoms with van der Waals surface area (Å²) in [5.41, 5.74) is 2.12. The summed E-state index contributed by atoms with van der Waals surface area (Å²) in [6.45, 7) is 6.12. The van der Waals surface area contributed by atoms with Gasteiger partial charge >= 0.3 is 0 Å². The van der Waals surface area contributed by atoms with E-state index in [1.165, 1.54) is 0 Å². The van der Waals surface area contributed by atoms with E-state index in [9.17, 15) is 0 Å². The van der Waals surface area contributed by atoms with E-state index < -0.39 is 0 Å². The van der Waals surface area contributed by atoms with E-state index >= 15 is 0 Å². The van der Waals surface area contributed by atoms with E-state index in [2.05, 4.69) is 51.3 Å². The molecule has 4 nitrogen and oxygen atoms in total. The van der Waals surface area contributed by atoms with Gasteiger partial charge in [-0.3, -0.25) is 0 Å². The van der Waals surface area contributed by atoms with Gasteiger partial charge in [0.15, 0.2) is 0 Å². The summed E-state index contributed by atoms with van der Waals surface area (Å²) in [7, 11) is 0. The molecule has 1 fully saturated rings. The minimum Gasteiger partial charge on any atom is -0.338 e. The summed E-state index contributed by atoms with van der Waals surface area (Å²) in [4.78, 5) is 4.59. The molecular formula is C14H16BrN3O. The molecule has 2 aromatic rings. The van der Waals surface area contributed by atoms with Crippen molar-refractivity contribution in [1.82, 2.24) is 15.5 Å². The van der Waals surface area contributed by atoms with Gasteiger partial charge in [0.2, 0.25) is 11.7 Å². The second kappa shape index (κ2) is 4.72. The molecule has 1 atom stereocenters. The normalized spacial score (nSPS) is 22.9. The Labute approximate surface area is 120 Å². The molecule has 19 heavy (non-hydrogen) atoms. The zero-order valence-electron chi connectivity index (χ0n) is 11.0. The molecule has 2 heterocycles. The lowest BCUT2D eigenvalue weighted by molar-refractivity contribution is 0.306. The first-order valence-corrected chi connectivity index (χ1v) is 7.19. The highest BCUT2D eigenvalue weighted by Gasteiger charge is 2.36. The number of benzene rings is 1. The number of aryl methyl sites for hydroxylation is 1. The number of hydrogen-bond donors (Lipinski definition) is 1. The molecule has 1 N–H and O–H groups in total. The van der Waals surface area contributed by atoms with Crippen LogP contribution in [-0.4, -0.2) is 23.2 Å². The quantitative estimate of drug-likeness (QED) is 0.923. The fraction of sp³-hybridized carbons (Fsp3) is 0.429. The van der Waals surface area contributed by atoms with Gasteiger partial charge in [-0.1, -0.05) is 21.1 Å². The summed E-state index contributed by atoms with van der Waals surface area (Å²) in [5, 5.41) is 7.48. The van der Waals surface area contributed by atoms with Crippen molar-refractivity contribution in [2.45, 2.75) is 25.7 Å². The van der Waals surface area contributed by atoms with Crippen LogP contribution in [0.5, 0.6) is 0 Å². The zero-order chi connectivity index (χ0) is 13.5. The highest BCUT2D eigenvalue weighted by Crippen LogP contribution is 2.31. The molecule has 1 aromatic carbocycles. The van der Waals surface area contributed by atoms with Crippen molar-refractivity contribution in [3.63, 3.8) is 0 Å². The number of hydrogen-bond acceptors (Lipinski definition) is 4. The predicted molar refractivity (Wildman–Crippen MR) is 77.0 cm³/mol. The highest BCUT2D eigenvalue weighted by atomic mass is 79.9. The third-order valence-corrected chi connectivity index (χ3v) is 4.23. The summed E-state index contributed by atoms with van der Waals surface area (Å²) in [5.74, 6) is 1.41. The van der Waals surface area contributed by atoms with E-state index in [1.807, 2.05) is 12.1 Å². The van der Waals surface area contributed by atoms with Gasteiger partial charge in [-0.15, -0.1) is 0 Å². The van der Waals surface area contributed by atoms with Gasteiger partial charge in [-0.2, -0.15) is 4.98 Å². The van der Waals surface area contributed by atoms with Crippen molar-refractivity contribution in [1.29, 1.82) is 0 Å². The second-order valence-corrected chi connectivity index (χ2v) is 6.29. The van der Waals surface area contributed by atoms with E-state index in [-0.39, 0.29) is 5.41 Å². The van der Waals surface area contributed by atoms with Gasteiger partial charge in [0, 0.05) is 16.6 Å². The van der Waals surface area contributed by atoms with Crippen LogP contribution in [0.25, 0.3) is 11.4 Å². The smallest absolute Gasteiger partial charge is 0.234 e. The maximum atomic E-state index is 5.48. The molecule has 1 aliphatic heterocycles. The molecule has 100 valence electrons. The molecule has 1 saturated heterocycles. The fourth-order valence-corrected chi connectivity index (χ4v) is 2.93. The number of nitrogens with one attached hydrogen (secondary N) is 1. The maximum absolute atomic E-state index is 5.48. The molecule has 0 saturated carbocycles. The first-order chi connectivity index (χ1) is 9.08. The monoisotopic (exact) mass is 321 g/mol. The first kappa shape index (κ1) is 12.8. The number of aromatic nitrogens is 2. The highest BCUT2D eigenvalue weighted by molar-refractivity contribution is 9.10. The van der Waals surface area contributed by atoms with Crippen LogP contribution in [0.4, 0.5) is 0 Å². The minimum absolute atomic E-state index is 0.0332. The van der Waals surface area contributed by atoms with Crippen molar-refractivity contribution in [2.24, 2.45) is 0 Å². The summed E-state index contributed by atoms with van der Waals surface area (Å²) in [6.07, 6.45) is 1.04. The van der Waals surface area contributed by atoms with E-state index in [4.69, 9.17) is 4.52 Å². The standard InChI is InChI=1S/C14H16BrN3O/c1-9-7-10(15)3-4-11(9)12-17-13(19-18-12)14(2)5-6-16-8-14/h3-4,7,16H,5-6,8H2,1-2H3. The Bertz CT molecular complexity index is 602. The first-order valence-electron chi connectivity index (χ1n) is 6.40. The van der Waals surface area contributed by atoms with Gasteiger partial charge < -0.3 is 9.84 Å². The maximum Gasteiger partial charge on any atom is 0.234 e. The molecule has 0 radical (unpaired) electrons. The molecule has 0 amide bonds. The summed E-state index contributed by atoms with van der Waals surface area (Å²) >= 11 is 3.46. The van der Waals surface area contributed by atoms with Crippen LogP contribution in [0.2, 0.25) is 0 Å². The van der Waals surface area contributed by atoms with E-state index in [1.54, 1.807) is 0 Å². The van der Waals surface area contributed by atoms with Gasteiger partial charge in [-0.05, 0) is 50.6 Å². The Morgan fingerprint density at radius 3 is 2.95 bits per heavy atom. The number of nitrogens with zero attached hydrogens (tertiary/aromatic N) is 2. The molecule has 1 unspecified atom stereocenters. The summed E-state index contributed by atoms with van der Waals surface area (Å²) < 4.78 is 6.54. The van der Waals surface area contributed by atoms with Crippen molar-refractivity contribution < 1.29 is 4.52 Å². The van der Waals surface area contributed by atoms with E-state index in [0.717, 1.165) is 41.0 Å². The second-order valence-electron chi connectivity index (χ2n) is 5.37. The third kappa shape index (κ3) is 2.32. The average Bonchev–Trinajstić information content (AvgIpc) is 2.99. The average molecular weight is 322 g/mol. The van der Waals surface area contributed by atoms with Crippen LogP contribution in [0, 0.1) is 6.92 Å². The van der Waals surface area contributed by atoms with E-state index in [0.29, 0.717) is 5.82 Å². The lowest BCUT2D eigenvalue weighted by Crippen LogP contribution is -2.25. The molecule has 0 spiro atoms. The predicted octanol–water partition coefficient (Wildman–Crippen LogP) is 3.06. The van der Waals surface area contributed by atoms with Crippen LogP contribution in [0.15, 0.2) is 27.2 Å². The fourth-order valence-electron chi connectivity index (χ4n) is 2.46.